The van der Waals surface area contributed by atoms with E-state index in [1.54, 1.807) is 0 Å². The van der Waals surface area contributed by atoms with Crippen molar-refractivity contribution >= 4 is 0 Å². The lowest BCUT2D eigenvalue weighted by molar-refractivity contribution is -0.109. The average molecular weight is 196 g/mol. The van der Waals surface area contributed by atoms with E-state index in [-0.39, 0.29) is 0 Å². The fourth-order valence-corrected chi connectivity index (χ4v) is 4.45. The molecule has 3 fully saturated rings. The van der Waals surface area contributed by atoms with Gasteiger partial charge in [-0.2, -0.15) is 0 Å². The summed E-state index contributed by atoms with van der Waals surface area (Å²) in [5.74, 6) is 2.32. The van der Waals surface area contributed by atoms with Crippen LogP contribution in [-0.4, -0.2) is 22.4 Å². The lowest BCUT2D eigenvalue weighted by Crippen LogP contribution is -2.49. The van der Waals surface area contributed by atoms with Crippen molar-refractivity contribution in [2.24, 2.45) is 23.7 Å². The van der Waals surface area contributed by atoms with Crippen molar-refractivity contribution < 1.29 is 10.2 Å². The second-order valence-electron chi connectivity index (χ2n) is 5.50. The van der Waals surface area contributed by atoms with Gasteiger partial charge in [0.25, 0.3) is 0 Å². The summed E-state index contributed by atoms with van der Waals surface area (Å²) in [6.07, 6.45) is 6.59. The van der Waals surface area contributed by atoms with Crippen molar-refractivity contribution in [2.45, 2.75) is 50.7 Å². The number of fused-ring (bicyclic) bond motifs is 3. The fraction of sp³-hybridized carbons (Fsp3) is 1.00. The van der Waals surface area contributed by atoms with E-state index in [1.807, 2.05) is 0 Å². The molecule has 14 heavy (non-hydrogen) atoms. The molecule has 0 heterocycles. The Morgan fingerprint density at radius 2 is 0.929 bits per heavy atom. The van der Waals surface area contributed by atoms with Gasteiger partial charge >= 0.3 is 0 Å². The first-order valence-corrected chi connectivity index (χ1v) is 6.15. The summed E-state index contributed by atoms with van der Waals surface area (Å²) < 4.78 is 0. The smallest absolute Gasteiger partial charge is 0.0832 e. The summed E-state index contributed by atoms with van der Waals surface area (Å²) in [5, 5.41) is 20.1. The van der Waals surface area contributed by atoms with Crippen LogP contribution in [0.4, 0.5) is 0 Å². The highest BCUT2D eigenvalue weighted by Crippen LogP contribution is 2.53. The zero-order valence-electron chi connectivity index (χ0n) is 8.60. The molecule has 3 aliphatic rings. The first-order valence-electron chi connectivity index (χ1n) is 6.15. The summed E-state index contributed by atoms with van der Waals surface area (Å²) in [4.78, 5) is 0. The van der Waals surface area contributed by atoms with Crippen LogP contribution in [0.3, 0.4) is 0 Å². The third kappa shape index (κ3) is 1.10. The lowest BCUT2D eigenvalue weighted by Gasteiger charge is -2.43. The molecule has 0 amide bonds. The maximum atomic E-state index is 10.0. The molecule has 6 atom stereocenters. The number of aliphatic hydroxyl groups excluding tert-OH is 2. The summed E-state index contributed by atoms with van der Waals surface area (Å²) >= 11 is 0. The van der Waals surface area contributed by atoms with E-state index in [9.17, 15) is 10.2 Å². The molecule has 0 aromatic heterocycles. The van der Waals surface area contributed by atoms with Crippen LogP contribution in [0.15, 0.2) is 0 Å². The summed E-state index contributed by atoms with van der Waals surface area (Å²) in [6.45, 7) is 0. The van der Waals surface area contributed by atoms with E-state index in [0.717, 1.165) is 24.7 Å². The predicted molar refractivity (Wildman–Crippen MR) is 53.7 cm³/mol. The van der Waals surface area contributed by atoms with Gasteiger partial charge in [0.1, 0.15) is 0 Å². The molecule has 3 rings (SSSR count). The molecule has 0 aromatic carbocycles. The fourth-order valence-electron chi connectivity index (χ4n) is 4.45. The van der Waals surface area contributed by atoms with Gasteiger partial charge in [0, 0.05) is 0 Å². The Kier molecular flexibility index (Phi) is 2.10. The Bertz CT molecular complexity index is 204. The summed E-state index contributed by atoms with van der Waals surface area (Å²) in [7, 11) is 0. The lowest BCUT2D eigenvalue weighted by atomic mass is 9.66. The summed E-state index contributed by atoms with van der Waals surface area (Å²) in [5.41, 5.74) is 0. The van der Waals surface area contributed by atoms with Crippen molar-refractivity contribution in [1.82, 2.24) is 0 Å². The second kappa shape index (κ2) is 3.21. The minimum Gasteiger partial charge on any atom is -0.390 e. The van der Waals surface area contributed by atoms with E-state index in [2.05, 4.69) is 0 Å². The van der Waals surface area contributed by atoms with Crippen LogP contribution in [0.25, 0.3) is 0 Å². The number of aliphatic hydroxyl groups is 2. The first kappa shape index (κ1) is 9.17. The molecule has 0 unspecified atom stereocenters. The Morgan fingerprint density at radius 3 is 1.36 bits per heavy atom. The highest BCUT2D eigenvalue weighted by Gasteiger charge is 2.52. The zero-order valence-corrected chi connectivity index (χ0v) is 8.60. The van der Waals surface area contributed by atoms with E-state index < -0.39 is 12.2 Å². The van der Waals surface area contributed by atoms with E-state index in [4.69, 9.17) is 0 Å². The summed E-state index contributed by atoms with van der Waals surface area (Å²) in [6, 6.07) is 0. The first-order chi connectivity index (χ1) is 6.79. The zero-order chi connectivity index (χ0) is 9.71. The van der Waals surface area contributed by atoms with E-state index >= 15 is 0 Å². The molecule has 0 aliphatic heterocycles. The Labute approximate surface area is 85.3 Å². The highest BCUT2D eigenvalue weighted by atomic mass is 16.3. The van der Waals surface area contributed by atoms with Crippen molar-refractivity contribution in [3.05, 3.63) is 0 Å². The Morgan fingerprint density at radius 1 is 0.571 bits per heavy atom. The normalized spacial score (nSPS) is 57.0. The standard InChI is InChI=1S/C12H20O2/c13-11-9-5-1-3-7(9)8-4-2-6-10(8)12(11)14/h7-14H,1-6H2/t7-,8+,9-,10-,11+,12+/m1/s1. The SMILES string of the molecule is O[C@@H]1[C@@H](O)[C@@H]2CCC[C@H]2[C@H]2CCC[C@@H]12. The quantitative estimate of drug-likeness (QED) is 0.617. The van der Waals surface area contributed by atoms with Crippen molar-refractivity contribution in [1.29, 1.82) is 0 Å². The monoisotopic (exact) mass is 196 g/mol. The van der Waals surface area contributed by atoms with Crippen LogP contribution in [0, 0.1) is 23.7 Å². The highest BCUT2D eigenvalue weighted by molar-refractivity contribution is 5.01. The van der Waals surface area contributed by atoms with Crippen LogP contribution in [0.2, 0.25) is 0 Å². The topological polar surface area (TPSA) is 40.5 Å². The predicted octanol–water partition coefficient (Wildman–Crippen LogP) is 1.55. The van der Waals surface area contributed by atoms with Gasteiger partial charge in [-0.3, -0.25) is 0 Å². The molecular formula is C12H20O2. The van der Waals surface area contributed by atoms with Crippen molar-refractivity contribution in [2.75, 3.05) is 0 Å². The molecule has 0 spiro atoms. The maximum Gasteiger partial charge on any atom is 0.0832 e. The van der Waals surface area contributed by atoms with Gasteiger partial charge in [-0.25, -0.2) is 0 Å². The molecule has 2 nitrogen and oxygen atoms in total. The molecule has 2 N–H and O–H groups in total. The van der Waals surface area contributed by atoms with Gasteiger partial charge in [0.15, 0.2) is 0 Å². The minimum atomic E-state index is -0.415. The van der Waals surface area contributed by atoms with Gasteiger partial charge in [-0.1, -0.05) is 12.8 Å². The second-order valence-corrected chi connectivity index (χ2v) is 5.50. The van der Waals surface area contributed by atoms with Crippen molar-refractivity contribution in [3.8, 4) is 0 Å². The van der Waals surface area contributed by atoms with E-state index in [1.165, 1.54) is 25.7 Å². The van der Waals surface area contributed by atoms with Gasteiger partial charge < -0.3 is 10.2 Å². The number of rotatable bonds is 0. The Balaban J connectivity index is 1.89. The molecular weight excluding hydrogens is 176 g/mol. The molecule has 80 valence electrons. The number of hydrogen-bond acceptors (Lipinski definition) is 2. The van der Waals surface area contributed by atoms with Gasteiger partial charge in [-0.15, -0.1) is 0 Å². The largest absolute Gasteiger partial charge is 0.390 e. The number of hydrogen-bond donors (Lipinski definition) is 2. The maximum absolute atomic E-state index is 10.0. The molecule has 3 aliphatic carbocycles. The van der Waals surface area contributed by atoms with Gasteiger partial charge in [-0.05, 0) is 49.4 Å². The van der Waals surface area contributed by atoms with Gasteiger partial charge in [0.2, 0.25) is 0 Å². The van der Waals surface area contributed by atoms with Crippen LogP contribution in [-0.2, 0) is 0 Å². The van der Waals surface area contributed by atoms with Crippen LogP contribution >= 0.6 is 0 Å². The minimum absolute atomic E-state index is 0.415. The molecule has 0 radical (unpaired) electrons. The third-order valence-corrected chi connectivity index (χ3v) is 5.03. The molecule has 0 bridgehead atoms. The van der Waals surface area contributed by atoms with Crippen molar-refractivity contribution in [3.63, 3.8) is 0 Å². The van der Waals surface area contributed by atoms with Crippen LogP contribution < -0.4 is 0 Å². The molecule has 0 aromatic rings. The van der Waals surface area contributed by atoms with Crippen LogP contribution in [0.1, 0.15) is 38.5 Å². The Hall–Kier alpha value is -0.0800. The molecule has 2 heteroatoms. The molecule has 0 saturated heterocycles. The third-order valence-electron chi connectivity index (χ3n) is 5.03. The van der Waals surface area contributed by atoms with E-state index in [0.29, 0.717) is 11.8 Å². The molecule has 3 saturated carbocycles. The average Bonchev–Trinajstić information content (AvgIpc) is 2.80. The van der Waals surface area contributed by atoms with Gasteiger partial charge in [0.05, 0.1) is 12.2 Å². The van der Waals surface area contributed by atoms with Crippen LogP contribution in [0.5, 0.6) is 0 Å².